The molecule has 0 saturated carbocycles. The summed E-state index contributed by atoms with van der Waals surface area (Å²) in [6, 6.07) is 17.7. The summed E-state index contributed by atoms with van der Waals surface area (Å²) in [5.74, 6) is 1.80. The SMILES string of the molecule is CC1CCN(C(=O)c2ccc(-c3ccc(OCCCN4[C@@H](C)CC[C@@H]4C)cc3)cc2)CC1. The number of carbonyl (C=O) groups excluding carboxylic acids is 1. The highest BCUT2D eigenvalue weighted by atomic mass is 16.5. The lowest BCUT2D eigenvalue weighted by atomic mass is 9.98. The van der Waals surface area contributed by atoms with Crippen molar-refractivity contribution in [1.82, 2.24) is 9.80 Å². The lowest BCUT2D eigenvalue weighted by Gasteiger charge is -2.30. The quantitative estimate of drug-likeness (QED) is 0.511. The summed E-state index contributed by atoms with van der Waals surface area (Å²) in [6.07, 6.45) is 5.90. The van der Waals surface area contributed by atoms with Gasteiger partial charge in [0, 0.05) is 37.3 Å². The van der Waals surface area contributed by atoms with E-state index in [0.29, 0.717) is 12.1 Å². The molecule has 2 fully saturated rings. The first-order chi connectivity index (χ1) is 15.5. The molecule has 0 radical (unpaired) electrons. The molecule has 4 heteroatoms. The third-order valence-electron chi connectivity index (χ3n) is 7.35. The summed E-state index contributed by atoms with van der Waals surface area (Å²) in [5.41, 5.74) is 3.05. The number of carbonyl (C=O) groups is 1. The normalized spacial score (nSPS) is 22.3. The molecule has 0 unspecified atom stereocenters. The van der Waals surface area contributed by atoms with Crippen LogP contribution < -0.4 is 4.74 Å². The van der Waals surface area contributed by atoms with Gasteiger partial charge in [-0.2, -0.15) is 0 Å². The molecule has 2 saturated heterocycles. The predicted molar refractivity (Wildman–Crippen MR) is 131 cm³/mol. The van der Waals surface area contributed by atoms with Crippen LogP contribution >= 0.6 is 0 Å². The summed E-state index contributed by atoms with van der Waals surface area (Å²) >= 11 is 0. The van der Waals surface area contributed by atoms with Gasteiger partial charge >= 0.3 is 0 Å². The highest BCUT2D eigenvalue weighted by Gasteiger charge is 2.26. The molecule has 0 bridgehead atoms. The maximum atomic E-state index is 12.8. The van der Waals surface area contributed by atoms with E-state index in [9.17, 15) is 4.79 Å². The van der Waals surface area contributed by atoms with Crippen molar-refractivity contribution in [2.75, 3.05) is 26.2 Å². The molecule has 2 aromatic rings. The van der Waals surface area contributed by atoms with Crippen LogP contribution in [0.3, 0.4) is 0 Å². The van der Waals surface area contributed by atoms with E-state index < -0.39 is 0 Å². The van der Waals surface area contributed by atoms with Crippen molar-refractivity contribution in [2.24, 2.45) is 5.92 Å². The van der Waals surface area contributed by atoms with Gasteiger partial charge in [0.1, 0.15) is 5.75 Å². The number of benzene rings is 2. The van der Waals surface area contributed by atoms with Gasteiger partial charge < -0.3 is 9.64 Å². The van der Waals surface area contributed by atoms with Gasteiger partial charge in [0.15, 0.2) is 0 Å². The van der Waals surface area contributed by atoms with Crippen LogP contribution in [0.25, 0.3) is 11.1 Å². The Morgan fingerprint density at radius 3 is 2.00 bits per heavy atom. The molecule has 2 aliphatic heterocycles. The van der Waals surface area contributed by atoms with Gasteiger partial charge in [0.25, 0.3) is 5.91 Å². The van der Waals surface area contributed by atoms with Crippen LogP contribution in [0.1, 0.15) is 63.2 Å². The van der Waals surface area contributed by atoms with Gasteiger partial charge in [-0.1, -0.05) is 31.2 Å². The van der Waals surface area contributed by atoms with Crippen LogP contribution in [-0.4, -0.2) is 54.0 Å². The van der Waals surface area contributed by atoms with Crippen LogP contribution in [0.15, 0.2) is 48.5 Å². The van der Waals surface area contributed by atoms with Crippen molar-refractivity contribution in [3.05, 3.63) is 54.1 Å². The minimum absolute atomic E-state index is 0.157. The largest absolute Gasteiger partial charge is 0.494 e. The summed E-state index contributed by atoms with van der Waals surface area (Å²) < 4.78 is 5.98. The van der Waals surface area contributed by atoms with Crippen LogP contribution in [0.2, 0.25) is 0 Å². The highest BCUT2D eigenvalue weighted by molar-refractivity contribution is 5.94. The van der Waals surface area contributed by atoms with E-state index in [0.717, 1.165) is 73.9 Å². The van der Waals surface area contributed by atoms with Gasteiger partial charge in [0.2, 0.25) is 0 Å². The van der Waals surface area contributed by atoms with Gasteiger partial charge in [-0.05, 0) is 87.3 Å². The first-order valence-corrected chi connectivity index (χ1v) is 12.4. The monoisotopic (exact) mass is 434 g/mol. The Bertz CT molecular complexity index is 859. The molecular weight excluding hydrogens is 396 g/mol. The average molecular weight is 435 g/mol. The molecular formula is C28H38N2O2. The Morgan fingerprint density at radius 1 is 0.844 bits per heavy atom. The van der Waals surface area contributed by atoms with E-state index >= 15 is 0 Å². The van der Waals surface area contributed by atoms with E-state index in [4.69, 9.17) is 4.74 Å². The van der Waals surface area contributed by atoms with Crippen LogP contribution in [0.5, 0.6) is 5.75 Å². The number of hydrogen-bond acceptors (Lipinski definition) is 3. The van der Waals surface area contributed by atoms with E-state index in [1.165, 1.54) is 12.8 Å². The molecule has 0 N–H and O–H groups in total. The second-order valence-corrected chi connectivity index (χ2v) is 9.79. The van der Waals surface area contributed by atoms with Gasteiger partial charge in [-0.25, -0.2) is 0 Å². The lowest BCUT2D eigenvalue weighted by molar-refractivity contribution is 0.0697. The Kier molecular flexibility index (Phi) is 7.51. The number of nitrogens with zero attached hydrogens (tertiary/aromatic N) is 2. The number of amides is 1. The zero-order chi connectivity index (χ0) is 22.5. The minimum atomic E-state index is 0.157. The number of ether oxygens (including phenoxy) is 1. The Labute approximate surface area is 193 Å². The molecule has 4 rings (SSSR count). The molecule has 2 aromatic carbocycles. The molecule has 1 amide bonds. The molecule has 0 aromatic heterocycles. The number of rotatable bonds is 7. The molecule has 2 atom stereocenters. The second-order valence-electron chi connectivity index (χ2n) is 9.79. The second kappa shape index (κ2) is 10.5. The molecule has 0 spiro atoms. The van der Waals surface area contributed by atoms with E-state index in [1.807, 2.05) is 41.3 Å². The van der Waals surface area contributed by atoms with E-state index in [1.54, 1.807) is 0 Å². The number of likely N-dealkylation sites (tertiary alicyclic amines) is 2. The first-order valence-electron chi connectivity index (χ1n) is 12.4. The fraction of sp³-hybridized carbons (Fsp3) is 0.536. The molecule has 0 aliphatic carbocycles. The summed E-state index contributed by atoms with van der Waals surface area (Å²) in [6.45, 7) is 10.5. The molecule has 32 heavy (non-hydrogen) atoms. The van der Waals surface area contributed by atoms with Gasteiger partial charge in [0.05, 0.1) is 6.61 Å². The van der Waals surface area contributed by atoms with E-state index in [-0.39, 0.29) is 5.91 Å². The van der Waals surface area contributed by atoms with Gasteiger partial charge in [-0.3, -0.25) is 9.69 Å². The van der Waals surface area contributed by atoms with Crippen molar-refractivity contribution in [1.29, 1.82) is 0 Å². The number of piperidine rings is 1. The number of hydrogen-bond donors (Lipinski definition) is 0. The first kappa shape index (κ1) is 22.8. The lowest BCUT2D eigenvalue weighted by Crippen LogP contribution is -2.37. The topological polar surface area (TPSA) is 32.8 Å². The van der Waals surface area contributed by atoms with Crippen molar-refractivity contribution in [3.8, 4) is 16.9 Å². The molecule has 172 valence electrons. The van der Waals surface area contributed by atoms with Crippen molar-refractivity contribution in [2.45, 2.75) is 65.0 Å². The fourth-order valence-electron chi connectivity index (χ4n) is 5.07. The Balaban J connectivity index is 1.26. The Morgan fingerprint density at radius 2 is 1.41 bits per heavy atom. The van der Waals surface area contributed by atoms with Crippen molar-refractivity contribution >= 4 is 5.91 Å². The fourth-order valence-corrected chi connectivity index (χ4v) is 5.07. The Hall–Kier alpha value is -2.33. The minimum Gasteiger partial charge on any atom is -0.494 e. The van der Waals surface area contributed by atoms with Crippen LogP contribution in [0.4, 0.5) is 0 Å². The molecule has 2 heterocycles. The molecule has 4 nitrogen and oxygen atoms in total. The van der Waals surface area contributed by atoms with E-state index in [2.05, 4.69) is 37.8 Å². The molecule has 2 aliphatic rings. The summed E-state index contributed by atoms with van der Waals surface area (Å²) in [7, 11) is 0. The summed E-state index contributed by atoms with van der Waals surface area (Å²) in [5, 5.41) is 0. The van der Waals surface area contributed by atoms with Crippen LogP contribution in [0, 0.1) is 5.92 Å². The smallest absolute Gasteiger partial charge is 0.253 e. The predicted octanol–water partition coefficient (Wildman–Crippen LogP) is 5.87. The van der Waals surface area contributed by atoms with Crippen molar-refractivity contribution in [3.63, 3.8) is 0 Å². The van der Waals surface area contributed by atoms with Crippen molar-refractivity contribution < 1.29 is 9.53 Å². The third kappa shape index (κ3) is 5.53. The zero-order valence-electron chi connectivity index (χ0n) is 19.9. The summed E-state index contributed by atoms with van der Waals surface area (Å²) in [4.78, 5) is 17.3. The maximum Gasteiger partial charge on any atom is 0.253 e. The zero-order valence-corrected chi connectivity index (χ0v) is 19.9. The van der Waals surface area contributed by atoms with Gasteiger partial charge in [-0.15, -0.1) is 0 Å². The third-order valence-corrected chi connectivity index (χ3v) is 7.35. The maximum absolute atomic E-state index is 12.8. The highest BCUT2D eigenvalue weighted by Crippen LogP contribution is 2.25. The van der Waals surface area contributed by atoms with Crippen LogP contribution in [-0.2, 0) is 0 Å². The standard InChI is InChI=1S/C28H38N2O2/c1-21-15-18-29(19-16-21)28(31)26-9-7-24(8-10-26)25-11-13-27(14-12-25)32-20-4-17-30-22(2)5-6-23(30)3/h7-14,21-23H,4-6,15-20H2,1-3H3/t22-,23-/m0/s1. The average Bonchev–Trinajstić information content (AvgIpc) is 3.14.